The standard InChI is InChI=1S/C20H40N2O8/c1-19(2,3)11-9(7-23)27-17(12(21)14(11)25)29-16-10(8-24)28-18(13(22)15(16)26)30-20(4,5)6/h9-18,23-26H,7-8,21-22H2,1-6H3/p+1/t9?,10?,11-,12+,13+,14?,15?,16-,17-,18-/m0/s1. The van der Waals surface area contributed by atoms with Gasteiger partial charge in [0.05, 0.1) is 31.0 Å². The Morgan fingerprint density at radius 2 is 1.43 bits per heavy atom. The summed E-state index contributed by atoms with van der Waals surface area (Å²) in [6, 6.07) is -1.62. The minimum absolute atomic E-state index is 0.306. The lowest BCUT2D eigenvalue weighted by molar-refractivity contribution is -0.508. The van der Waals surface area contributed by atoms with Gasteiger partial charge in [0, 0.05) is 5.92 Å². The molecule has 0 aliphatic carbocycles. The highest BCUT2D eigenvalue weighted by Gasteiger charge is 2.53. The van der Waals surface area contributed by atoms with Gasteiger partial charge in [0.1, 0.15) is 24.4 Å². The Hall–Kier alpha value is -0.400. The van der Waals surface area contributed by atoms with Gasteiger partial charge in [0.2, 0.25) is 6.29 Å². The van der Waals surface area contributed by atoms with Crippen molar-refractivity contribution in [1.29, 1.82) is 0 Å². The zero-order valence-electron chi connectivity index (χ0n) is 18.9. The molecule has 10 heteroatoms. The normalized spacial score (nSPS) is 43.6. The van der Waals surface area contributed by atoms with Crippen molar-refractivity contribution >= 4 is 0 Å². The van der Waals surface area contributed by atoms with E-state index in [1.807, 2.05) is 41.5 Å². The summed E-state index contributed by atoms with van der Waals surface area (Å²) in [7, 11) is 0. The van der Waals surface area contributed by atoms with Gasteiger partial charge in [0.15, 0.2) is 12.3 Å². The van der Waals surface area contributed by atoms with Crippen molar-refractivity contribution < 1.29 is 45.1 Å². The van der Waals surface area contributed by atoms with Gasteiger partial charge in [-0.2, -0.15) is 0 Å². The monoisotopic (exact) mass is 437 g/mol. The maximum absolute atomic E-state index is 10.9. The van der Waals surface area contributed by atoms with Crippen LogP contribution >= 0.6 is 0 Å². The van der Waals surface area contributed by atoms with E-state index in [0.717, 1.165) is 0 Å². The van der Waals surface area contributed by atoms with Gasteiger partial charge >= 0.3 is 0 Å². The van der Waals surface area contributed by atoms with Gasteiger partial charge in [-0.1, -0.05) is 20.8 Å². The van der Waals surface area contributed by atoms with E-state index in [-0.39, 0.29) is 17.9 Å². The molecule has 10 nitrogen and oxygen atoms in total. The lowest BCUT2D eigenvalue weighted by atomic mass is 9.71. The SMILES string of the molecule is CC(C)(C)O[C@@H]1OC(CO)[C@H](O[C@@H]2OC(CO)[C@H](C(C)(C)C)C(O)[C@H]2[NH3+])C(O)[C@H]1N. The van der Waals surface area contributed by atoms with Gasteiger partial charge in [-0.15, -0.1) is 0 Å². The van der Waals surface area contributed by atoms with Crippen LogP contribution in [-0.2, 0) is 18.9 Å². The Balaban J connectivity index is 2.18. The number of hydrogen-bond acceptors (Lipinski definition) is 9. The number of quaternary nitrogens is 1. The third-order valence-corrected chi connectivity index (χ3v) is 5.71. The molecule has 10 atom stereocenters. The van der Waals surface area contributed by atoms with E-state index in [1.54, 1.807) is 0 Å². The van der Waals surface area contributed by atoms with Crippen molar-refractivity contribution in [2.75, 3.05) is 13.2 Å². The minimum atomic E-state index is -1.22. The topological polar surface area (TPSA) is 172 Å². The van der Waals surface area contributed by atoms with Crippen molar-refractivity contribution in [2.24, 2.45) is 17.1 Å². The smallest absolute Gasteiger partial charge is 0.213 e. The summed E-state index contributed by atoms with van der Waals surface area (Å²) in [6.07, 6.45) is -6.71. The summed E-state index contributed by atoms with van der Waals surface area (Å²) < 4.78 is 23.4. The van der Waals surface area contributed by atoms with Crippen molar-refractivity contribution in [3.63, 3.8) is 0 Å². The number of nitrogens with two attached hydrogens (primary N) is 1. The highest BCUT2D eigenvalue weighted by atomic mass is 16.7. The first-order chi connectivity index (χ1) is 13.7. The number of ether oxygens (including phenoxy) is 4. The lowest BCUT2D eigenvalue weighted by Gasteiger charge is -2.49. The lowest BCUT2D eigenvalue weighted by Crippen LogP contribution is -2.78. The van der Waals surface area contributed by atoms with Gasteiger partial charge in [0.25, 0.3) is 0 Å². The van der Waals surface area contributed by atoms with Crippen LogP contribution in [0.2, 0.25) is 0 Å². The molecule has 2 heterocycles. The largest absolute Gasteiger partial charge is 0.394 e. The van der Waals surface area contributed by atoms with Crippen LogP contribution in [0.1, 0.15) is 41.5 Å². The number of aliphatic hydroxyl groups is 4. The van der Waals surface area contributed by atoms with E-state index >= 15 is 0 Å². The van der Waals surface area contributed by atoms with Crippen LogP contribution < -0.4 is 11.5 Å². The Morgan fingerprint density at radius 1 is 0.900 bits per heavy atom. The Morgan fingerprint density at radius 3 is 1.90 bits per heavy atom. The van der Waals surface area contributed by atoms with Gasteiger partial charge in [-0.05, 0) is 26.2 Å². The van der Waals surface area contributed by atoms with Crippen molar-refractivity contribution in [3.05, 3.63) is 0 Å². The van der Waals surface area contributed by atoms with Crippen molar-refractivity contribution in [2.45, 2.75) is 102 Å². The summed E-state index contributed by atoms with van der Waals surface area (Å²) >= 11 is 0. The molecule has 2 saturated heterocycles. The molecule has 0 aromatic heterocycles. The van der Waals surface area contributed by atoms with Crippen LogP contribution in [0.4, 0.5) is 0 Å². The number of aliphatic hydroxyl groups excluding tert-OH is 4. The Kier molecular flexibility index (Phi) is 8.29. The van der Waals surface area contributed by atoms with E-state index in [9.17, 15) is 20.4 Å². The fourth-order valence-corrected chi connectivity index (χ4v) is 4.23. The van der Waals surface area contributed by atoms with Gasteiger partial charge < -0.3 is 50.8 Å². The molecule has 2 aliphatic rings. The average Bonchev–Trinajstić information content (AvgIpc) is 2.62. The van der Waals surface area contributed by atoms with Crippen LogP contribution in [0.15, 0.2) is 0 Å². The Labute approximate surface area is 178 Å². The molecule has 2 aliphatic heterocycles. The van der Waals surface area contributed by atoms with Crippen LogP contribution in [0, 0.1) is 11.3 Å². The molecule has 0 radical (unpaired) electrons. The first kappa shape index (κ1) is 25.9. The van der Waals surface area contributed by atoms with E-state index < -0.39 is 67.4 Å². The van der Waals surface area contributed by atoms with Gasteiger partial charge in [-0.25, -0.2) is 0 Å². The molecule has 0 aromatic carbocycles. The zero-order chi connectivity index (χ0) is 23.0. The molecular formula is C20H41N2O8+. The quantitative estimate of drug-likeness (QED) is 0.283. The maximum Gasteiger partial charge on any atom is 0.213 e. The average molecular weight is 438 g/mol. The molecule has 178 valence electrons. The summed E-state index contributed by atoms with van der Waals surface area (Å²) in [5.41, 5.74) is 9.22. The highest BCUT2D eigenvalue weighted by molar-refractivity contribution is 4.97. The molecule has 0 spiro atoms. The molecule has 0 bridgehead atoms. The first-order valence-corrected chi connectivity index (χ1v) is 10.5. The van der Waals surface area contributed by atoms with E-state index in [4.69, 9.17) is 24.7 Å². The fourth-order valence-electron chi connectivity index (χ4n) is 4.23. The molecule has 0 aromatic rings. The number of hydrogen-bond donors (Lipinski definition) is 6. The third-order valence-electron chi connectivity index (χ3n) is 5.71. The molecule has 0 amide bonds. The first-order valence-electron chi connectivity index (χ1n) is 10.5. The summed E-state index contributed by atoms with van der Waals surface area (Å²) in [5.74, 6) is -0.363. The molecule has 2 fully saturated rings. The summed E-state index contributed by atoms with van der Waals surface area (Å²) in [4.78, 5) is 0. The molecule has 30 heavy (non-hydrogen) atoms. The van der Waals surface area contributed by atoms with Crippen LogP contribution in [0.5, 0.6) is 0 Å². The van der Waals surface area contributed by atoms with Crippen molar-refractivity contribution in [1.82, 2.24) is 0 Å². The summed E-state index contributed by atoms with van der Waals surface area (Å²) in [6.45, 7) is 10.6. The number of rotatable bonds is 5. The van der Waals surface area contributed by atoms with Crippen LogP contribution in [-0.4, -0.2) is 94.4 Å². The second-order valence-corrected chi connectivity index (χ2v) is 10.4. The predicted molar refractivity (Wildman–Crippen MR) is 107 cm³/mol. The third kappa shape index (κ3) is 5.69. The summed E-state index contributed by atoms with van der Waals surface area (Å²) in [5, 5.41) is 41.3. The zero-order valence-corrected chi connectivity index (χ0v) is 18.9. The second kappa shape index (κ2) is 9.62. The molecule has 9 N–H and O–H groups in total. The van der Waals surface area contributed by atoms with E-state index in [2.05, 4.69) is 5.73 Å². The van der Waals surface area contributed by atoms with Gasteiger partial charge in [-0.3, -0.25) is 0 Å². The fraction of sp³-hybridized carbons (Fsp3) is 1.00. The van der Waals surface area contributed by atoms with Crippen LogP contribution in [0.3, 0.4) is 0 Å². The highest BCUT2D eigenvalue weighted by Crippen LogP contribution is 2.39. The molecule has 4 unspecified atom stereocenters. The van der Waals surface area contributed by atoms with Crippen LogP contribution in [0.25, 0.3) is 0 Å². The molecule has 0 saturated carbocycles. The van der Waals surface area contributed by atoms with E-state index in [1.165, 1.54) is 0 Å². The predicted octanol–water partition coefficient (Wildman–Crippen LogP) is -2.06. The Bertz CT molecular complexity index is 548. The maximum atomic E-state index is 10.9. The second-order valence-electron chi connectivity index (χ2n) is 10.4. The van der Waals surface area contributed by atoms with E-state index in [0.29, 0.717) is 0 Å². The molecular weight excluding hydrogens is 396 g/mol. The van der Waals surface area contributed by atoms with Crippen molar-refractivity contribution in [3.8, 4) is 0 Å². The molecule has 2 rings (SSSR count). The minimum Gasteiger partial charge on any atom is -0.394 e.